The van der Waals surface area contributed by atoms with E-state index < -0.39 is 14.1 Å². The Hall–Kier alpha value is 0.780. The number of halogens is 3. The van der Waals surface area contributed by atoms with Gasteiger partial charge < -0.3 is 0 Å². The van der Waals surface area contributed by atoms with Gasteiger partial charge in [-0.25, -0.2) is 4.18 Å². The van der Waals surface area contributed by atoms with Gasteiger partial charge in [0.25, 0.3) is 10.1 Å². The van der Waals surface area contributed by atoms with Gasteiger partial charge in [0, 0.05) is 0 Å². The molecule has 0 aromatic carbocycles. The van der Waals surface area contributed by atoms with Crippen LogP contribution in [0.25, 0.3) is 0 Å². The van der Waals surface area contributed by atoms with E-state index in [9.17, 15) is 8.42 Å². The van der Waals surface area contributed by atoms with Gasteiger partial charge in [-0.15, -0.1) is 0 Å². The molecule has 0 fully saturated rings. The van der Waals surface area contributed by atoms with Gasteiger partial charge in [0.05, 0.1) is 6.26 Å². The molecule has 0 amide bonds. The first-order valence-corrected chi connectivity index (χ1v) is 4.63. The number of hydrogen-bond donors (Lipinski definition) is 0. The average molecular weight is 213 g/mol. The van der Waals surface area contributed by atoms with Crippen molar-refractivity contribution in [2.24, 2.45) is 0 Å². The van der Waals surface area contributed by atoms with E-state index in [1.807, 2.05) is 0 Å². The summed E-state index contributed by atoms with van der Waals surface area (Å²) in [5.74, 6) is 0. The molecule has 0 heterocycles. The summed E-state index contributed by atoms with van der Waals surface area (Å²) in [7, 11) is -3.68. The smallest absolute Gasteiger partial charge is 0.216 e. The van der Waals surface area contributed by atoms with E-state index in [4.69, 9.17) is 34.8 Å². The molecule has 0 aliphatic carbocycles. The van der Waals surface area contributed by atoms with Gasteiger partial charge in [0.1, 0.15) is 0 Å². The first-order chi connectivity index (χ1) is 3.71. The van der Waals surface area contributed by atoms with Crippen LogP contribution in [0.4, 0.5) is 0 Å². The average Bonchev–Trinajstić information content (AvgIpc) is 1.14. The van der Waals surface area contributed by atoms with E-state index in [2.05, 4.69) is 4.18 Å². The highest BCUT2D eigenvalue weighted by atomic mass is 35.6. The Kier molecular flexibility index (Phi) is 3.04. The van der Waals surface area contributed by atoms with Crippen molar-refractivity contribution in [2.75, 3.05) is 6.26 Å². The zero-order valence-corrected chi connectivity index (χ0v) is 7.35. The maximum atomic E-state index is 10.2. The summed E-state index contributed by atoms with van der Waals surface area (Å²) in [6, 6.07) is 0. The highest BCUT2D eigenvalue weighted by molar-refractivity contribution is 7.86. The molecule has 0 aliphatic heterocycles. The summed E-state index contributed by atoms with van der Waals surface area (Å²) in [6.07, 6.45) is 0.787. The van der Waals surface area contributed by atoms with E-state index in [1.165, 1.54) is 0 Å². The van der Waals surface area contributed by atoms with Gasteiger partial charge in [-0.1, -0.05) is 34.8 Å². The summed E-state index contributed by atoms with van der Waals surface area (Å²) in [5, 5.41) is 0. The molecule has 0 aromatic rings. The molecule has 0 saturated carbocycles. The molecule has 0 bridgehead atoms. The predicted molar refractivity (Wildman–Crippen MR) is 36.2 cm³/mol. The second-order valence-electron chi connectivity index (χ2n) is 1.23. The molecule has 0 saturated heterocycles. The molecule has 0 radical (unpaired) electrons. The van der Waals surface area contributed by atoms with Crippen molar-refractivity contribution in [2.45, 2.75) is 3.98 Å². The SMILES string of the molecule is CS(=O)(=O)OC(Cl)(Cl)Cl. The summed E-state index contributed by atoms with van der Waals surface area (Å²) in [6.45, 7) is 0. The Morgan fingerprint density at radius 2 is 1.67 bits per heavy atom. The summed E-state index contributed by atoms with van der Waals surface area (Å²) >= 11 is 14.8. The van der Waals surface area contributed by atoms with Crippen LogP contribution in [0.3, 0.4) is 0 Å². The zero-order chi connectivity index (χ0) is 7.71. The van der Waals surface area contributed by atoms with E-state index in [0.717, 1.165) is 6.26 Å². The van der Waals surface area contributed by atoms with Crippen LogP contribution in [-0.4, -0.2) is 18.7 Å². The van der Waals surface area contributed by atoms with Crippen molar-refractivity contribution in [1.29, 1.82) is 0 Å². The fourth-order valence-corrected chi connectivity index (χ4v) is 1.54. The molecule has 9 heavy (non-hydrogen) atoms. The van der Waals surface area contributed by atoms with Gasteiger partial charge in [-0.05, 0) is 0 Å². The predicted octanol–water partition coefficient (Wildman–Crippen LogP) is 1.29. The third kappa shape index (κ3) is 8.78. The number of alkyl halides is 3. The largest absolute Gasteiger partial charge is 0.312 e. The lowest BCUT2D eigenvalue weighted by atomic mass is 11.7. The lowest BCUT2D eigenvalue weighted by molar-refractivity contribution is 0.325. The monoisotopic (exact) mass is 212 g/mol. The molecular formula is C2H3Cl3O3S. The maximum absolute atomic E-state index is 10.2. The van der Waals surface area contributed by atoms with Crippen molar-refractivity contribution < 1.29 is 12.6 Å². The Morgan fingerprint density at radius 3 is 1.67 bits per heavy atom. The molecule has 0 aromatic heterocycles. The molecule has 0 N–H and O–H groups in total. The van der Waals surface area contributed by atoms with E-state index in [0.29, 0.717) is 0 Å². The Bertz CT molecular complexity index is 178. The van der Waals surface area contributed by atoms with Gasteiger partial charge in [-0.2, -0.15) is 8.42 Å². The molecule has 0 spiro atoms. The van der Waals surface area contributed by atoms with E-state index >= 15 is 0 Å². The van der Waals surface area contributed by atoms with Crippen molar-refractivity contribution in [3.63, 3.8) is 0 Å². The molecule has 3 nitrogen and oxygen atoms in total. The van der Waals surface area contributed by atoms with E-state index in [-0.39, 0.29) is 0 Å². The minimum absolute atomic E-state index is 0.787. The molecule has 0 aliphatic rings. The van der Waals surface area contributed by atoms with Gasteiger partial charge in [-0.3, -0.25) is 0 Å². The first kappa shape index (κ1) is 9.78. The summed E-state index contributed by atoms with van der Waals surface area (Å²) < 4.78 is 22.0. The van der Waals surface area contributed by atoms with Crippen molar-refractivity contribution in [1.82, 2.24) is 0 Å². The van der Waals surface area contributed by atoms with Crippen molar-refractivity contribution in [3.8, 4) is 0 Å². The molecule has 0 unspecified atom stereocenters. The standard InChI is InChI=1S/C2H3Cl3O3S/c1-9(6,7)8-2(3,4)5/h1H3. The Balaban J connectivity index is 4.07. The second-order valence-corrected chi connectivity index (χ2v) is 4.99. The van der Waals surface area contributed by atoms with Crippen LogP contribution in [0.2, 0.25) is 0 Å². The fourth-order valence-electron chi connectivity index (χ4n) is 0.172. The maximum Gasteiger partial charge on any atom is 0.312 e. The van der Waals surface area contributed by atoms with Crippen molar-refractivity contribution in [3.05, 3.63) is 0 Å². The van der Waals surface area contributed by atoms with Gasteiger partial charge in [0.15, 0.2) is 0 Å². The topological polar surface area (TPSA) is 43.4 Å². The van der Waals surface area contributed by atoms with Crippen LogP contribution in [0, 0.1) is 0 Å². The van der Waals surface area contributed by atoms with Gasteiger partial charge >= 0.3 is 3.98 Å². The van der Waals surface area contributed by atoms with Gasteiger partial charge in [0.2, 0.25) is 0 Å². The molecule has 0 atom stereocenters. The lowest BCUT2D eigenvalue weighted by Gasteiger charge is -2.07. The second kappa shape index (κ2) is 2.80. The Labute approximate surface area is 68.0 Å². The van der Waals surface area contributed by atoms with Crippen LogP contribution in [0.5, 0.6) is 0 Å². The van der Waals surface area contributed by atoms with Crippen LogP contribution < -0.4 is 0 Å². The number of rotatable bonds is 1. The van der Waals surface area contributed by atoms with Crippen molar-refractivity contribution >= 4 is 44.9 Å². The number of hydrogen-bond acceptors (Lipinski definition) is 3. The van der Waals surface area contributed by atoms with Crippen LogP contribution in [0.1, 0.15) is 0 Å². The summed E-state index contributed by atoms with van der Waals surface area (Å²) in [5.41, 5.74) is 0. The zero-order valence-electron chi connectivity index (χ0n) is 4.27. The molecule has 0 rings (SSSR count). The lowest BCUT2D eigenvalue weighted by Crippen LogP contribution is -2.14. The van der Waals surface area contributed by atoms with E-state index in [1.54, 1.807) is 0 Å². The highest BCUT2D eigenvalue weighted by Crippen LogP contribution is 2.28. The third-order valence-electron chi connectivity index (χ3n) is 0.246. The van der Waals surface area contributed by atoms with Crippen LogP contribution in [0.15, 0.2) is 0 Å². The Morgan fingerprint density at radius 1 is 1.33 bits per heavy atom. The third-order valence-corrected chi connectivity index (χ3v) is 1.30. The first-order valence-electron chi connectivity index (χ1n) is 1.68. The minimum atomic E-state index is -3.68. The molecular weight excluding hydrogens is 210 g/mol. The molecule has 7 heteroatoms. The fraction of sp³-hybridized carbons (Fsp3) is 1.00. The van der Waals surface area contributed by atoms with Crippen LogP contribution in [-0.2, 0) is 14.3 Å². The normalized spacial score (nSPS) is 13.8. The van der Waals surface area contributed by atoms with Crippen LogP contribution >= 0.6 is 34.8 Å². The quantitative estimate of drug-likeness (QED) is 0.487. The molecule has 56 valence electrons. The minimum Gasteiger partial charge on any atom is -0.216 e. The highest BCUT2D eigenvalue weighted by Gasteiger charge is 2.25. The summed E-state index contributed by atoms with van der Waals surface area (Å²) in [4.78, 5) is 0.